The number of nitrogens with one attached hydrogen (secondary N) is 2. The Morgan fingerprint density at radius 3 is 2.48 bits per heavy atom. The van der Waals surface area contributed by atoms with E-state index >= 15 is 0 Å². The third-order valence-corrected chi connectivity index (χ3v) is 4.20. The van der Waals surface area contributed by atoms with Gasteiger partial charge in [0.05, 0.1) is 5.56 Å². The molecule has 2 N–H and O–H groups in total. The van der Waals surface area contributed by atoms with Crippen molar-refractivity contribution in [2.75, 3.05) is 6.54 Å². The predicted octanol–water partition coefficient (Wildman–Crippen LogP) is 4.55. The van der Waals surface area contributed by atoms with Gasteiger partial charge in [-0.05, 0) is 50.3 Å². The van der Waals surface area contributed by atoms with Crippen LogP contribution >= 0.6 is 0 Å². The molecule has 156 valence electrons. The van der Waals surface area contributed by atoms with E-state index in [0.717, 1.165) is 23.1 Å². The number of carbonyl (C=O) groups excluding carboxylic acids is 2. The van der Waals surface area contributed by atoms with E-state index in [1.807, 2.05) is 45.0 Å². The summed E-state index contributed by atoms with van der Waals surface area (Å²) in [6, 6.07) is 9.36. The molecule has 0 atom stereocenters. The van der Waals surface area contributed by atoms with Crippen LogP contribution in [0.2, 0.25) is 0 Å². The Balaban J connectivity index is 2.21. The van der Waals surface area contributed by atoms with Crippen LogP contribution in [0.3, 0.4) is 0 Å². The highest BCUT2D eigenvalue weighted by Gasteiger charge is 2.18. The van der Waals surface area contributed by atoms with Gasteiger partial charge in [-0.25, -0.2) is 4.79 Å². The average Bonchev–Trinajstić information content (AvgIpc) is 2.65. The van der Waals surface area contributed by atoms with Crippen molar-refractivity contribution in [3.8, 4) is 11.1 Å². The van der Waals surface area contributed by atoms with E-state index in [0.29, 0.717) is 18.0 Å². The van der Waals surface area contributed by atoms with Gasteiger partial charge in [-0.2, -0.15) is 0 Å². The van der Waals surface area contributed by atoms with Crippen LogP contribution in [0.15, 0.2) is 42.7 Å². The fraction of sp³-hybridized carbons (Fsp3) is 0.435. The van der Waals surface area contributed by atoms with Gasteiger partial charge >= 0.3 is 6.09 Å². The number of aromatic nitrogens is 1. The third-order valence-electron chi connectivity index (χ3n) is 4.20. The molecule has 0 aliphatic carbocycles. The SMILES string of the molecule is CC(C)CCNC(=O)c1ccncc1-c1ccccc1CNC(=O)OC(C)(C)C. The minimum atomic E-state index is -0.561. The zero-order valence-electron chi connectivity index (χ0n) is 17.9. The molecular formula is C23H31N3O3. The Bertz CT molecular complexity index is 841. The van der Waals surface area contributed by atoms with Crippen LogP contribution in [-0.2, 0) is 11.3 Å². The van der Waals surface area contributed by atoms with E-state index in [4.69, 9.17) is 4.74 Å². The lowest BCUT2D eigenvalue weighted by Crippen LogP contribution is -2.32. The maximum absolute atomic E-state index is 12.7. The molecule has 0 bridgehead atoms. The number of benzene rings is 1. The van der Waals surface area contributed by atoms with E-state index in [1.54, 1.807) is 18.5 Å². The van der Waals surface area contributed by atoms with Crippen LogP contribution < -0.4 is 10.6 Å². The predicted molar refractivity (Wildman–Crippen MR) is 115 cm³/mol. The second kappa shape index (κ2) is 10.0. The van der Waals surface area contributed by atoms with E-state index < -0.39 is 11.7 Å². The number of nitrogens with zero attached hydrogens (tertiary/aromatic N) is 1. The fourth-order valence-electron chi connectivity index (χ4n) is 2.80. The first-order valence-corrected chi connectivity index (χ1v) is 9.94. The summed E-state index contributed by atoms with van der Waals surface area (Å²) in [5, 5.41) is 5.76. The summed E-state index contributed by atoms with van der Waals surface area (Å²) >= 11 is 0. The fourth-order valence-corrected chi connectivity index (χ4v) is 2.80. The van der Waals surface area contributed by atoms with Crippen LogP contribution in [-0.4, -0.2) is 29.1 Å². The summed E-state index contributed by atoms with van der Waals surface area (Å²) in [6.45, 7) is 10.6. The smallest absolute Gasteiger partial charge is 0.407 e. The van der Waals surface area contributed by atoms with E-state index in [9.17, 15) is 9.59 Å². The maximum atomic E-state index is 12.7. The average molecular weight is 398 g/mol. The lowest BCUT2D eigenvalue weighted by molar-refractivity contribution is 0.0523. The largest absolute Gasteiger partial charge is 0.444 e. The van der Waals surface area contributed by atoms with Crippen molar-refractivity contribution >= 4 is 12.0 Å². The normalized spacial score (nSPS) is 11.2. The number of ether oxygens (including phenoxy) is 1. The molecule has 0 saturated heterocycles. The molecule has 0 unspecified atom stereocenters. The monoisotopic (exact) mass is 397 g/mol. The van der Waals surface area contributed by atoms with Gasteiger partial charge in [0.15, 0.2) is 0 Å². The Morgan fingerprint density at radius 1 is 1.07 bits per heavy atom. The summed E-state index contributed by atoms with van der Waals surface area (Å²) in [6.07, 6.45) is 3.74. The highest BCUT2D eigenvalue weighted by molar-refractivity contribution is 6.01. The number of pyridine rings is 1. The summed E-state index contributed by atoms with van der Waals surface area (Å²) < 4.78 is 5.30. The minimum Gasteiger partial charge on any atom is -0.444 e. The standard InChI is InChI=1S/C23H31N3O3/c1-16(2)10-13-25-21(27)19-11-12-24-15-20(19)18-9-7-6-8-17(18)14-26-22(28)29-23(3,4)5/h6-9,11-12,15-16H,10,13-14H2,1-5H3,(H,25,27)(H,26,28). The Hall–Kier alpha value is -2.89. The summed E-state index contributed by atoms with van der Waals surface area (Å²) in [4.78, 5) is 28.9. The number of carbonyl (C=O) groups is 2. The first-order chi connectivity index (χ1) is 13.7. The van der Waals surface area contributed by atoms with Crippen molar-refractivity contribution in [1.29, 1.82) is 0 Å². The van der Waals surface area contributed by atoms with Crippen LogP contribution in [0, 0.1) is 5.92 Å². The molecule has 2 aromatic rings. The summed E-state index contributed by atoms with van der Waals surface area (Å²) in [5.41, 5.74) is 2.46. The number of alkyl carbamates (subject to hydrolysis) is 1. The molecule has 0 fully saturated rings. The number of hydrogen-bond acceptors (Lipinski definition) is 4. The second-order valence-electron chi connectivity index (χ2n) is 8.37. The minimum absolute atomic E-state index is 0.127. The van der Waals surface area contributed by atoms with Gasteiger partial charge in [-0.15, -0.1) is 0 Å². The van der Waals surface area contributed by atoms with Gasteiger partial charge in [0, 0.05) is 31.0 Å². The first kappa shape index (κ1) is 22.4. The Morgan fingerprint density at radius 2 is 1.79 bits per heavy atom. The van der Waals surface area contributed by atoms with Crippen LogP contribution in [0.4, 0.5) is 4.79 Å². The molecule has 0 saturated carbocycles. The van der Waals surface area contributed by atoms with Crippen LogP contribution in [0.5, 0.6) is 0 Å². The molecule has 2 rings (SSSR count). The summed E-state index contributed by atoms with van der Waals surface area (Å²) in [5.74, 6) is 0.393. The van der Waals surface area contributed by atoms with Crippen molar-refractivity contribution in [2.24, 2.45) is 5.92 Å². The molecule has 29 heavy (non-hydrogen) atoms. The van der Waals surface area contributed by atoms with E-state index in [2.05, 4.69) is 29.5 Å². The van der Waals surface area contributed by atoms with Gasteiger partial charge in [0.25, 0.3) is 5.91 Å². The van der Waals surface area contributed by atoms with Gasteiger partial charge in [0.2, 0.25) is 0 Å². The van der Waals surface area contributed by atoms with Crippen molar-refractivity contribution in [1.82, 2.24) is 15.6 Å². The quantitative estimate of drug-likeness (QED) is 0.718. The van der Waals surface area contributed by atoms with Crippen molar-refractivity contribution < 1.29 is 14.3 Å². The maximum Gasteiger partial charge on any atom is 0.407 e. The highest BCUT2D eigenvalue weighted by atomic mass is 16.6. The molecule has 1 aromatic heterocycles. The molecular weight excluding hydrogens is 366 g/mol. The molecule has 6 heteroatoms. The number of rotatable bonds is 7. The van der Waals surface area contributed by atoms with Gasteiger partial charge in [0.1, 0.15) is 5.60 Å². The van der Waals surface area contributed by atoms with Gasteiger partial charge in [-0.3, -0.25) is 9.78 Å². The first-order valence-electron chi connectivity index (χ1n) is 9.94. The van der Waals surface area contributed by atoms with E-state index in [-0.39, 0.29) is 12.5 Å². The van der Waals surface area contributed by atoms with Crippen LogP contribution in [0.1, 0.15) is 57.0 Å². The third kappa shape index (κ3) is 7.22. The van der Waals surface area contributed by atoms with Crippen LogP contribution in [0.25, 0.3) is 11.1 Å². The molecule has 1 aromatic carbocycles. The molecule has 0 spiro atoms. The topological polar surface area (TPSA) is 80.3 Å². The van der Waals surface area contributed by atoms with Gasteiger partial charge < -0.3 is 15.4 Å². The Kier molecular flexibility index (Phi) is 7.76. The summed E-state index contributed by atoms with van der Waals surface area (Å²) in [7, 11) is 0. The highest BCUT2D eigenvalue weighted by Crippen LogP contribution is 2.26. The Labute approximate surface area is 173 Å². The van der Waals surface area contributed by atoms with Crippen molar-refractivity contribution in [2.45, 2.75) is 53.2 Å². The molecule has 1 heterocycles. The number of hydrogen-bond donors (Lipinski definition) is 2. The van der Waals surface area contributed by atoms with Crippen molar-refractivity contribution in [3.05, 3.63) is 53.9 Å². The lowest BCUT2D eigenvalue weighted by atomic mass is 9.96. The van der Waals surface area contributed by atoms with Crippen molar-refractivity contribution in [3.63, 3.8) is 0 Å². The molecule has 0 aliphatic heterocycles. The zero-order chi connectivity index (χ0) is 21.4. The second-order valence-corrected chi connectivity index (χ2v) is 8.37. The lowest BCUT2D eigenvalue weighted by Gasteiger charge is -2.20. The molecule has 2 amide bonds. The molecule has 0 aliphatic rings. The molecule has 6 nitrogen and oxygen atoms in total. The zero-order valence-corrected chi connectivity index (χ0v) is 17.9. The molecule has 0 radical (unpaired) electrons. The van der Waals surface area contributed by atoms with E-state index in [1.165, 1.54) is 0 Å². The van der Waals surface area contributed by atoms with Gasteiger partial charge in [-0.1, -0.05) is 38.1 Å². The number of amides is 2.